The number of benzene rings is 2. The highest BCUT2D eigenvalue weighted by atomic mass is 16.5. The number of ketones is 1. The summed E-state index contributed by atoms with van der Waals surface area (Å²) in [4.78, 5) is 34.4. The number of hydrogen-bond donors (Lipinski definition) is 2. The molecule has 2 aromatic rings. The maximum Gasteiger partial charge on any atom is 0.338 e. The van der Waals surface area contributed by atoms with E-state index in [1.54, 1.807) is 39.0 Å². The molecule has 1 heterocycles. The first kappa shape index (κ1) is 22.1. The van der Waals surface area contributed by atoms with E-state index in [0.717, 1.165) is 5.56 Å². The van der Waals surface area contributed by atoms with E-state index in [2.05, 4.69) is 0 Å². The third-order valence-electron chi connectivity index (χ3n) is 4.38. The zero-order valence-corrected chi connectivity index (χ0v) is 16.7. The van der Waals surface area contributed by atoms with Gasteiger partial charge in [-0.05, 0) is 31.0 Å². The molecule has 1 aliphatic heterocycles. The summed E-state index contributed by atoms with van der Waals surface area (Å²) in [5.74, 6) is -0.994. The third-order valence-corrected chi connectivity index (χ3v) is 4.38. The van der Waals surface area contributed by atoms with Crippen LogP contribution >= 0.6 is 0 Å². The molecule has 0 bridgehead atoms. The van der Waals surface area contributed by atoms with Gasteiger partial charge in [0.05, 0.1) is 17.7 Å². The molecule has 7 heteroatoms. The SMILES string of the molecule is CC(C)[C@H](N)C(=O)O.CCOC(=O)c1ccc2c(c1)C(=O)c1ccccc1CO2. The molecule has 7 nitrogen and oxygen atoms in total. The second-order valence-corrected chi connectivity index (χ2v) is 6.81. The van der Waals surface area contributed by atoms with Gasteiger partial charge in [-0.15, -0.1) is 0 Å². The summed E-state index contributed by atoms with van der Waals surface area (Å²) < 4.78 is 10.6. The summed E-state index contributed by atoms with van der Waals surface area (Å²) in [7, 11) is 0. The molecule has 0 saturated carbocycles. The minimum Gasteiger partial charge on any atom is -0.488 e. The Labute approximate surface area is 169 Å². The van der Waals surface area contributed by atoms with Gasteiger partial charge in [-0.3, -0.25) is 9.59 Å². The molecule has 0 radical (unpaired) electrons. The van der Waals surface area contributed by atoms with E-state index in [0.29, 0.717) is 35.7 Å². The third kappa shape index (κ3) is 5.42. The van der Waals surface area contributed by atoms with Crippen molar-refractivity contribution in [1.29, 1.82) is 0 Å². The van der Waals surface area contributed by atoms with Crippen molar-refractivity contribution in [1.82, 2.24) is 0 Å². The Hall–Kier alpha value is -3.19. The van der Waals surface area contributed by atoms with Crippen molar-refractivity contribution < 1.29 is 29.0 Å². The second-order valence-electron chi connectivity index (χ2n) is 6.81. The van der Waals surface area contributed by atoms with Gasteiger partial charge in [-0.2, -0.15) is 0 Å². The number of hydrogen-bond acceptors (Lipinski definition) is 6. The number of carboxylic acids is 1. The number of esters is 1. The molecule has 3 N–H and O–H groups in total. The van der Waals surface area contributed by atoms with Gasteiger partial charge < -0.3 is 20.3 Å². The predicted molar refractivity (Wildman–Crippen MR) is 107 cm³/mol. The van der Waals surface area contributed by atoms with E-state index in [1.807, 2.05) is 18.2 Å². The van der Waals surface area contributed by atoms with Gasteiger partial charge in [-0.25, -0.2) is 4.79 Å². The zero-order chi connectivity index (χ0) is 21.6. The van der Waals surface area contributed by atoms with E-state index in [4.69, 9.17) is 20.3 Å². The highest BCUT2D eigenvalue weighted by molar-refractivity contribution is 6.12. The number of aliphatic carboxylic acids is 1. The van der Waals surface area contributed by atoms with Crippen LogP contribution in [0.3, 0.4) is 0 Å². The Kier molecular flexibility index (Phi) is 7.50. The number of rotatable bonds is 4. The van der Waals surface area contributed by atoms with Gasteiger partial charge in [0.25, 0.3) is 0 Å². The Morgan fingerprint density at radius 3 is 2.45 bits per heavy atom. The molecule has 0 aromatic heterocycles. The molecule has 0 amide bonds. The van der Waals surface area contributed by atoms with Crippen LogP contribution < -0.4 is 10.5 Å². The van der Waals surface area contributed by atoms with E-state index < -0.39 is 18.0 Å². The monoisotopic (exact) mass is 399 g/mol. The lowest BCUT2D eigenvalue weighted by atomic mass is 9.98. The first-order valence-electron chi connectivity index (χ1n) is 9.31. The van der Waals surface area contributed by atoms with Crippen LogP contribution in [0.1, 0.15) is 52.6 Å². The Morgan fingerprint density at radius 1 is 1.17 bits per heavy atom. The van der Waals surface area contributed by atoms with Crippen molar-refractivity contribution in [3.05, 3.63) is 64.7 Å². The standard InChI is InChI=1S/C17H14O4.C5H11NO2/c1-2-20-17(19)11-7-8-15-14(9-11)16(18)13-6-4-3-5-12(13)10-21-15;1-3(2)4(6)5(7)8/h3-9H,2,10H2,1H3;3-4H,6H2,1-2H3,(H,7,8)/t;4-/m.0/s1. The molecule has 29 heavy (non-hydrogen) atoms. The number of carbonyl (C=O) groups excluding carboxylic acids is 2. The maximum atomic E-state index is 12.6. The lowest BCUT2D eigenvalue weighted by molar-refractivity contribution is -0.139. The Morgan fingerprint density at radius 2 is 1.86 bits per heavy atom. The van der Waals surface area contributed by atoms with Gasteiger partial charge in [0, 0.05) is 11.1 Å². The minimum absolute atomic E-state index is 0.0208. The highest BCUT2D eigenvalue weighted by Crippen LogP contribution is 2.29. The molecule has 0 saturated heterocycles. The topological polar surface area (TPSA) is 116 Å². The van der Waals surface area contributed by atoms with Crippen LogP contribution in [0.4, 0.5) is 0 Å². The van der Waals surface area contributed by atoms with Crippen LogP contribution in [0.15, 0.2) is 42.5 Å². The van der Waals surface area contributed by atoms with Crippen LogP contribution in [0.25, 0.3) is 0 Å². The minimum atomic E-state index is -0.931. The molecule has 154 valence electrons. The summed E-state index contributed by atoms with van der Waals surface area (Å²) >= 11 is 0. The highest BCUT2D eigenvalue weighted by Gasteiger charge is 2.23. The molecule has 2 aromatic carbocycles. The number of nitrogens with two attached hydrogens (primary N) is 1. The molecule has 0 spiro atoms. The van der Waals surface area contributed by atoms with Crippen LogP contribution in [0.5, 0.6) is 5.75 Å². The van der Waals surface area contributed by atoms with E-state index in [-0.39, 0.29) is 11.7 Å². The predicted octanol–water partition coefficient (Wildman–Crippen LogP) is 3.04. The number of fused-ring (bicyclic) bond motifs is 2. The smallest absolute Gasteiger partial charge is 0.338 e. The summed E-state index contributed by atoms with van der Waals surface area (Å²) in [5.41, 5.74) is 7.36. The quantitative estimate of drug-likeness (QED) is 0.759. The van der Waals surface area contributed by atoms with Crippen molar-refractivity contribution in [2.24, 2.45) is 11.7 Å². The van der Waals surface area contributed by atoms with Crippen molar-refractivity contribution in [3.63, 3.8) is 0 Å². The Bertz CT molecular complexity index is 906. The largest absolute Gasteiger partial charge is 0.488 e. The van der Waals surface area contributed by atoms with Gasteiger partial charge in [0.1, 0.15) is 18.4 Å². The molecule has 0 unspecified atom stereocenters. The number of carbonyl (C=O) groups is 3. The van der Waals surface area contributed by atoms with E-state index >= 15 is 0 Å². The van der Waals surface area contributed by atoms with E-state index in [1.165, 1.54) is 6.07 Å². The lowest BCUT2D eigenvalue weighted by Crippen LogP contribution is -2.34. The normalized spacial score (nSPS) is 13.1. The fourth-order valence-electron chi connectivity index (χ4n) is 2.63. The number of ether oxygens (including phenoxy) is 2. The number of carboxylic acid groups (broad SMARTS) is 1. The van der Waals surface area contributed by atoms with Crippen molar-refractivity contribution in [2.75, 3.05) is 6.61 Å². The first-order chi connectivity index (χ1) is 13.8. The molecular formula is C22H25NO6. The van der Waals surface area contributed by atoms with Crippen LogP contribution in [-0.2, 0) is 16.1 Å². The van der Waals surface area contributed by atoms with Crippen molar-refractivity contribution >= 4 is 17.7 Å². The van der Waals surface area contributed by atoms with Gasteiger partial charge >= 0.3 is 11.9 Å². The lowest BCUT2D eigenvalue weighted by Gasteiger charge is -2.08. The average Bonchev–Trinajstić information content (AvgIpc) is 2.85. The molecule has 0 aliphatic carbocycles. The molecule has 1 aliphatic rings. The van der Waals surface area contributed by atoms with Crippen LogP contribution in [0.2, 0.25) is 0 Å². The summed E-state index contributed by atoms with van der Waals surface area (Å²) in [5, 5.41) is 8.23. The van der Waals surface area contributed by atoms with Gasteiger partial charge in [-0.1, -0.05) is 38.1 Å². The molecular weight excluding hydrogens is 374 g/mol. The van der Waals surface area contributed by atoms with E-state index in [9.17, 15) is 14.4 Å². The van der Waals surface area contributed by atoms with Gasteiger partial charge in [0.2, 0.25) is 0 Å². The zero-order valence-electron chi connectivity index (χ0n) is 16.7. The summed E-state index contributed by atoms with van der Waals surface area (Å²) in [6.45, 7) is 5.93. The Balaban J connectivity index is 0.000000321. The summed E-state index contributed by atoms with van der Waals surface area (Å²) in [6.07, 6.45) is 0. The average molecular weight is 399 g/mol. The van der Waals surface area contributed by atoms with Crippen molar-refractivity contribution in [2.45, 2.75) is 33.4 Å². The van der Waals surface area contributed by atoms with Crippen LogP contribution in [-0.4, -0.2) is 35.5 Å². The van der Waals surface area contributed by atoms with Crippen molar-refractivity contribution in [3.8, 4) is 5.75 Å². The van der Waals surface area contributed by atoms with Gasteiger partial charge in [0.15, 0.2) is 5.78 Å². The maximum absolute atomic E-state index is 12.6. The second kappa shape index (κ2) is 9.84. The summed E-state index contributed by atoms with van der Waals surface area (Å²) in [6, 6.07) is 11.4. The fraction of sp³-hybridized carbons (Fsp3) is 0.318. The molecule has 3 rings (SSSR count). The molecule has 0 fully saturated rings. The first-order valence-corrected chi connectivity index (χ1v) is 9.31. The van der Waals surface area contributed by atoms with Crippen LogP contribution in [0, 0.1) is 5.92 Å². The fourth-order valence-corrected chi connectivity index (χ4v) is 2.63. The molecule has 1 atom stereocenters.